The smallest absolute Gasteiger partial charge is 0.180 e. The molecule has 21 heavy (non-hydrogen) atoms. The van der Waals surface area contributed by atoms with Crippen molar-refractivity contribution in [3.05, 3.63) is 24.5 Å². The molecule has 0 saturated carbocycles. The summed E-state index contributed by atoms with van der Waals surface area (Å²) in [4.78, 5) is 18.0. The molecule has 1 aliphatic rings. The van der Waals surface area contributed by atoms with Crippen molar-refractivity contribution in [3.63, 3.8) is 0 Å². The molecule has 3 rings (SSSR count). The summed E-state index contributed by atoms with van der Waals surface area (Å²) in [6.45, 7) is 6.98. The van der Waals surface area contributed by atoms with Crippen molar-refractivity contribution in [1.29, 1.82) is 0 Å². The van der Waals surface area contributed by atoms with Crippen LogP contribution in [0.4, 0.5) is 5.82 Å². The molecule has 0 radical (unpaired) electrons. The quantitative estimate of drug-likeness (QED) is 0.900. The first-order valence-electron chi connectivity index (χ1n) is 7.58. The number of rotatable bonds is 4. The monoisotopic (exact) mass is 286 g/mol. The van der Waals surface area contributed by atoms with Gasteiger partial charge in [-0.05, 0) is 18.6 Å². The maximum Gasteiger partial charge on any atom is 0.180 e. The van der Waals surface area contributed by atoms with Crippen molar-refractivity contribution in [1.82, 2.24) is 19.9 Å². The molecule has 1 fully saturated rings. The minimum atomic E-state index is 0.502. The zero-order valence-electron chi connectivity index (χ0n) is 12.4. The van der Waals surface area contributed by atoms with Gasteiger partial charge in [-0.2, -0.15) is 0 Å². The van der Waals surface area contributed by atoms with Gasteiger partial charge in [0.15, 0.2) is 5.65 Å². The van der Waals surface area contributed by atoms with Crippen molar-refractivity contribution in [2.75, 3.05) is 37.6 Å². The van der Waals surface area contributed by atoms with E-state index in [2.05, 4.69) is 31.7 Å². The number of fused-ring (bicyclic) bond motifs is 1. The van der Waals surface area contributed by atoms with E-state index in [0.29, 0.717) is 11.7 Å². The van der Waals surface area contributed by atoms with Gasteiger partial charge < -0.3 is 10.6 Å². The Morgan fingerprint density at radius 2 is 1.90 bits per heavy atom. The molecule has 1 unspecified atom stereocenters. The van der Waals surface area contributed by atoms with Crippen LogP contribution in [-0.4, -0.2) is 58.6 Å². The molecule has 2 aromatic heterocycles. The second kappa shape index (κ2) is 6.32. The lowest BCUT2D eigenvalue weighted by Crippen LogP contribution is -2.52. The van der Waals surface area contributed by atoms with Gasteiger partial charge in [0.1, 0.15) is 11.3 Å². The van der Waals surface area contributed by atoms with Crippen LogP contribution in [0.5, 0.6) is 0 Å². The Labute approximate surface area is 125 Å². The second-order valence-corrected chi connectivity index (χ2v) is 5.39. The number of hydrogen-bond donors (Lipinski definition) is 1. The summed E-state index contributed by atoms with van der Waals surface area (Å²) in [7, 11) is 0. The van der Waals surface area contributed by atoms with E-state index in [0.717, 1.165) is 50.5 Å². The summed E-state index contributed by atoms with van der Waals surface area (Å²) in [6, 6.07) is 4.53. The summed E-state index contributed by atoms with van der Waals surface area (Å²) in [6.07, 6.45) is 4.49. The van der Waals surface area contributed by atoms with Gasteiger partial charge in [-0.3, -0.25) is 9.88 Å². The summed E-state index contributed by atoms with van der Waals surface area (Å²) < 4.78 is 0. The molecule has 0 bridgehead atoms. The van der Waals surface area contributed by atoms with Crippen LogP contribution in [0, 0.1) is 0 Å². The predicted molar refractivity (Wildman–Crippen MR) is 84.3 cm³/mol. The van der Waals surface area contributed by atoms with Gasteiger partial charge in [-0.15, -0.1) is 0 Å². The highest BCUT2D eigenvalue weighted by Crippen LogP contribution is 2.18. The molecule has 1 saturated heterocycles. The fraction of sp³-hybridized carbons (Fsp3) is 0.533. The van der Waals surface area contributed by atoms with Crippen LogP contribution in [0.15, 0.2) is 24.5 Å². The number of nitrogens with zero attached hydrogens (tertiary/aromatic N) is 5. The van der Waals surface area contributed by atoms with Gasteiger partial charge in [0.25, 0.3) is 0 Å². The predicted octanol–water partition coefficient (Wildman–Crippen LogP) is 0.884. The molecule has 0 aromatic carbocycles. The first-order valence-corrected chi connectivity index (χ1v) is 7.58. The lowest BCUT2D eigenvalue weighted by atomic mass is 10.1. The average Bonchev–Trinajstić information content (AvgIpc) is 2.56. The van der Waals surface area contributed by atoms with E-state index in [1.165, 1.54) is 0 Å². The van der Waals surface area contributed by atoms with E-state index in [1.54, 1.807) is 12.4 Å². The Morgan fingerprint density at radius 3 is 2.62 bits per heavy atom. The normalized spacial score (nSPS) is 18.1. The number of aromatic nitrogens is 3. The van der Waals surface area contributed by atoms with Gasteiger partial charge in [0, 0.05) is 51.2 Å². The highest BCUT2D eigenvalue weighted by Gasteiger charge is 2.22. The molecule has 2 N–H and O–H groups in total. The third-order valence-corrected chi connectivity index (χ3v) is 4.21. The van der Waals surface area contributed by atoms with Gasteiger partial charge >= 0.3 is 0 Å². The standard InChI is InChI=1S/C15H22N6/c1-2-12(11-16)20-7-9-21(10-8-20)14-4-3-13-15(19-14)18-6-5-17-13/h3-6,12H,2,7-11,16H2,1H3. The van der Waals surface area contributed by atoms with Crippen molar-refractivity contribution in [3.8, 4) is 0 Å². The Hall–Kier alpha value is -1.79. The van der Waals surface area contributed by atoms with Gasteiger partial charge in [0.05, 0.1) is 0 Å². The highest BCUT2D eigenvalue weighted by molar-refractivity contribution is 5.71. The number of pyridine rings is 1. The van der Waals surface area contributed by atoms with Crippen LogP contribution in [0.25, 0.3) is 11.2 Å². The maximum absolute atomic E-state index is 5.84. The Balaban J connectivity index is 1.70. The van der Waals surface area contributed by atoms with Crippen molar-refractivity contribution in [2.45, 2.75) is 19.4 Å². The molecule has 112 valence electrons. The molecule has 6 heteroatoms. The molecule has 1 atom stereocenters. The molecule has 0 aliphatic carbocycles. The van der Waals surface area contributed by atoms with Gasteiger partial charge in [-0.1, -0.05) is 6.92 Å². The van der Waals surface area contributed by atoms with Crippen LogP contribution in [-0.2, 0) is 0 Å². The first kappa shape index (κ1) is 14.2. The van der Waals surface area contributed by atoms with E-state index < -0.39 is 0 Å². The minimum absolute atomic E-state index is 0.502. The number of anilines is 1. The minimum Gasteiger partial charge on any atom is -0.354 e. The summed E-state index contributed by atoms with van der Waals surface area (Å²) in [5, 5.41) is 0. The third-order valence-electron chi connectivity index (χ3n) is 4.21. The first-order chi connectivity index (χ1) is 10.3. The van der Waals surface area contributed by atoms with E-state index in [9.17, 15) is 0 Å². The van der Waals surface area contributed by atoms with Crippen molar-refractivity contribution < 1.29 is 0 Å². The lowest BCUT2D eigenvalue weighted by Gasteiger charge is -2.39. The highest BCUT2D eigenvalue weighted by atomic mass is 15.3. The van der Waals surface area contributed by atoms with Gasteiger partial charge in [-0.25, -0.2) is 9.97 Å². The zero-order valence-corrected chi connectivity index (χ0v) is 12.4. The summed E-state index contributed by atoms with van der Waals surface area (Å²) in [5.74, 6) is 0.989. The van der Waals surface area contributed by atoms with Crippen molar-refractivity contribution in [2.24, 2.45) is 5.73 Å². The maximum atomic E-state index is 5.84. The number of hydrogen-bond acceptors (Lipinski definition) is 6. The van der Waals surface area contributed by atoms with Crippen LogP contribution in [0.3, 0.4) is 0 Å². The van der Waals surface area contributed by atoms with Crippen LogP contribution in [0.1, 0.15) is 13.3 Å². The fourth-order valence-corrected chi connectivity index (χ4v) is 2.91. The third kappa shape index (κ3) is 2.96. The molecule has 6 nitrogen and oxygen atoms in total. The van der Waals surface area contributed by atoms with Crippen LogP contribution >= 0.6 is 0 Å². The molecule has 3 heterocycles. The topological polar surface area (TPSA) is 71.2 Å². The Bertz CT molecular complexity index is 589. The fourth-order valence-electron chi connectivity index (χ4n) is 2.91. The average molecular weight is 286 g/mol. The van der Waals surface area contributed by atoms with Gasteiger partial charge in [0.2, 0.25) is 0 Å². The number of nitrogens with two attached hydrogens (primary N) is 1. The summed E-state index contributed by atoms with van der Waals surface area (Å²) >= 11 is 0. The van der Waals surface area contributed by atoms with E-state index in [1.807, 2.05) is 12.1 Å². The Morgan fingerprint density at radius 1 is 1.14 bits per heavy atom. The molecule has 2 aromatic rings. The Kier molecular flexibility index (Phi) is 4.26. The second-order valence-electron chi connectivity index (χ2n) is 5.39. The number of piperazine rings is 1. The molecular formula is C15H22N6. The molecular weight excluding hydrogens is 264 g/mol. The summed E-state index contributed by atoms with van der Waals surface area (Å²) in [5.41, 5.74) is 7.39. The lowest BCUT2D eigenvalue weighted by molar-refractivity contribution is 0.184. The molecule has 0 spiro atoms. The molecule has 1 aliphatic heterocycles. The largest absolute Gasteiger partial charge is 0.354 e. The van der Waals surface area contributed by atoms with Crippen LogP contribution in [0.2, 0.25) is 0 Å². The van der Waals surface area contributed by atoms with E-state index >= 15 is 0 Å². The van der Waals surface area contributed by atoms with Crippen molar-refractivity contribution >= 4 is 17.0 Å². The molecule has 0 amide bonds. The zero-order chi connectivity index (χ0) is 14.7. The SMILES string of the molecule is CCC(CN)N1CCN(c2ccc3nccnc3n2)CC1. The van der Waals surface area contributed by atoms with Crippen LogP contribution < -0.4 is 10.6 Å². The van der Waals surface area contributed by atoms with E-state index in [4.69, 9.17) is 5.73 Å². The van der Waals surface area contributed by atoms with E-state index in [-0.39, 0.29) is 0 Å².